The first-order valence-electron chi connectivity index (χ1n) is 8.25. The number of hydrogen-bond donors (Lipinski definition) is 1. The molecule has 0 aliphatic carbocycles. The number of nitrogens with one attached hydrogen (secondary N) is 1. The first-order valence-corrected chi connectivity index (χ1v) is 10.0. The molecule has 140 valence electrons. The second-order valence-electron chi connectivity index (χ2n) is 5.71. The lowest BCUT2D eigenvalue weighted by atomic mass is 10.2. The number of benzene rings is 2. The number of carbonyl (C=O) groups excluding carboxylic acids is 1. The molecule has 0 bridgehead atoms. The number of fused-ring (bicyclic) bond motifs is 1. The molecule has 2 aromatic carbocycles. The number of hydrogen-bond acceptors (Lipinski definition) is 5. The lowest BCUT2D eigenvalue weighted by Crippen LogP contribution is -2.26. The molecule has 1 aromatic heterocycles. The third-order valence-corrected chi connectivity index (χ3v) is 5.26. The van der Waals surface area contributed by atoms with Gasteiger partial charge in [-0.1, -0.05) is 45.9 Å². The highest BCUT2D eigenvalue weighted by molar-refractivity contribution is 9.10. The minimum Gasteiger partial charge on any atom is -0.383 e. The second kappa shape index (κ2) is 9.16. The van der Waals surface area contributed by atoms with Crippen LogP contribution in [0.15, 0.2) is 63.0 Å². The molecule has 1 N–H and O–H groups in total. The summed E-state index contributed by atoms with van der Waals surface area (Å²) >= 11 is 4.62. The molecule has 0 aliphatic rings. The molecule has 3 rings (SSSR count). The highest BCUT2D eigenvalue weighted by Gasteiger charge is 2.14. The molecule has 0 saturated carbocycles. The minimum absolute atomic E-state index is 0.149. The van der Waals surface area contributed by atoms with Crippen LogP contribution in [0.3, 0.4) is 0 Å². The third kappa shape index (κ3) is 4.97. The van der Waals surface area contributed by atoms with E-state index in [-0.39, 0.29) is 17.2 Å². The quantitative estimate of drug-likeness (QED) is 0.442. The summed E-state index contributed by atoms with van der Waals surface area (Å²) in [6.07, 6.45) is 0. The van der Waals surface area contributed by atoms with Crippen LogP contribution in [0.4, 0.5) is 5.69 Å². The van der Waals surface area contributed by atoms with Crippen LogP contribution in [0.1, 0.15) is 0 Å². The Bertz CT molecular complexity index is 1010. The summed E-state index contributed by atoms with van der Waals surface area (Å²) in [5, 5.41) is 3.85. The fourth-order valence-corrected chi connectivity index (χ4v) is 3.70. The van der Waals surface area contributed by atoms with Crippen molar-refractivity contribution in [3.8, 4) is 0 Å². The number of ether oxygens (including phenoxy) is 1. The highest BCUT2D eigenvalue weighted by Crippen LogP contribution is 2.21. The largest absolute Gasteiger partial charge is 0.383 e. The zero-order valence-electron chi connectivity index (χ0n) is 14.6. The van der Waals surface area contributed by atoms with Gasteiger partial charge in [-0.15, -0.1) is 0 Å². The number of aromatic nitrogens is 2. The van der Waals surface area contributed by atoms with Gasteiger partial charge < -0.3 is 10.1 Å². The Balaban J connectivity index is 1.84. The van der Waals surface area contributed by atoms with Crippen molar-refractivity contribution in [3.63, 3.8) is 0 Å². The molecule has 8 heteroatoms. The number of rotatable bonds is 7. The van der Waals surface area contributed by atoms with Crippen molar-refractivity contribution in [2.24, 2.45) is 0 Å². The summed E-state index contributed by atoms with van der Waals surface area (Å²) in [4.78, 5) is 29.7. The van der Waals surface area contributed by atoms with Crippen LogP contribution < -0.4 is 10.9 Å². The first kappa shape index (κ1) is 19.6. The molecule has 0 aliphatic heterocycles. The van der Waals surface area contributed by atoms with Crippen LogP contribution in [0.2, 0.25) is 0 Å². The van der Waals surface area contributed by atoms with E-state index >= 15 is 0 Å². The Kier molecular flexibility index (Phi) is 6.65. The SMILES string of the molecule is COCCn1c(SCC(=O)Nc2ccccc2)nc2ccc(Br)cc2c1=O. The van der Waals surface area contributed by atoms with E-state index in [9.17, 15) is 9.59 Å². The van der Waals surface area contributed by atoms with Gasteiger partial charge in [0.05, 0.1) is 29.8 Å². The van der Waals surface area contributed by atoms with Gasteiger partial charge >= 0.3 is 0 Å². The molecule has 0 saturated heterocycles. The molecule has 0 unspecified atom stereocenters. The number of anilines is 1. The van der Waals surface area contributed by atoms with Gasteiger partial charge in [0, 0.05) is 17.3 Å². The summed E-state index contributed by atoms with van der Waals surface area (Å²) in [5.41, 5.74) is 1.18. The van der Waals surface area contributed by atoms with Crippen molar-refractivity contribution >= 4 is 50.2 Å². The smallest absolute Gasteiger partial charge is 0.262 e. The molecular formula is C19H18BrN3O3S. The maximum absolute atomic E-state index is 12.9. The number of para-hydroxylation sites is 1. The maximum atomic E-state index is 12.9. The Morgan fingerprint density at radius 1 is 1.26 bits per heavy atom. The highest BCUT2D eigenvalue weighted by atomic mass is 79.9. The van der Waals surface area contributed by atoms with Crippen LogP contribution in [0.5, 0.6) is 0 Å². The predicted octanol–water partition coefficient (Wildman–Crippen LogP) is 3.54. The Hall–Kier alpha value is -2.16. The minimum atomic E-state index is -0.158. The average molecular weight is 448 g/mol. The average Bonchev–Trinajstić information content (AvgIpc) is 2.67. The second-order valence-corrected chi connectivity index (χ2v) is 7.57. The molecule has 0 spiro atoms. The number of halogens is 1. The fraction of sp³-hybridized carbons (Fsp3) is 0.211. The topological polar surface area (TPSA) is 73.2 Å². The Labute approximate surface area is 169 Å². The molecule has 0 radical (unpaired) electrons. The van der Waals surface area contributed by atoms with Crippen molar-refractivity contribution in [3.05, 3.63) is 63.4 Å². The summed E-state index contributed by atoms with van der Waals surface area (Å²) in [5.74, 6) is -0.00858. The van der Waals surface area contributed by atoms with Gasteiger partial charge in [-0.3, -0.25) is 14.2 Å². The van der Waals surface area contributed by atoms with Gasteiger partial charge in [0.15, 0.2) is 5.16 Å². The van der Waals surface area contributed by atoms with E-state index in [4.69, 9.17) is 4.74 Å². The zero-order chi connectivity index (χ0) is 19.2. The molecule has 27 heavy (non-hydrogen) atoms. The number of methoxy groups -OCH3 is 1. The zero-order valence-corrected chi connectivity index (χ0v) is 17.0. The monoisotopic (exact) mass is 447 g/mol. The summed E-state index contributed by atoms with van der Waals surface area (Å²) in [6, 6.07) is 14.6. The van der Waals surface area contributed by atoms with Crippen molar-refractivity contribution in [2.45, 2.75) is 11.7 Å². The lowest BCUT2D eigenvalue weighted by Gasteiger charge is -2.13. The lowest BCUT2D eigenvalue weighted by molar-refractivity contribution is -0.113. The van der Waals surface area contributed by atoms with Crippen molar-refractivity contribution in [1.82, 2.24) is 9.55 Å². The number of thioether (sulfide) groups is 1. The van der Waals surface area contributed by atoms with Crippen molar-refractivity contribution < 1.29 is 9.53 Å². The van der Waals surface area contributed by atoms with Gasteiger partial charge in [0.1, 0.15) is 0 Å². The van der Waals surface area contributed by atoms with Gasteiger partial charge in [0.25, 0.3) is 5.56 Å². The van der Waals surface area contributed by atoms with Crippen LogP contribution in [0.25, 0.3) is 10.9 Å². The molecule has 0 atom stereocenters. The molecule has 1 amide bonds. The summed E-state index contributed by atoms with van der Waals surface area (Å²) in [6.45, 7) is 0.748. The number of nitrogens with zero attached hydrogens (tertiary/aromatic N) is 2. The van der Waals surface area contributed by atoms with Gasteiger partial charge in [-0.25, -0.2) is 4.98 Å². The van der Waals surface area contributed by atoms with Crippen molar-refractivity contribution in [2.75, 3.05) is 24.8 Å². The number of amides is 1. The van der Waals surface area contributed by atoms with Crippen LogP contribution in [-0.2, 0) is 16.1 Å². The summed E-state index contributed by atoms with van der Waals surface area (Å²) in [7, 11) is 1.58. The van der Waals surface area contributed by atoms with E-state index in [1.807, 2.05) is 36.4 Å². The Morgan fingerprint density at radius 2 is 2.04 bits per heavy atom. The van der Waals surface area contributed by atoms with E-state index in [2.05, 4.69) is 26.2 Å². The molecule has 1 heterocycles. The van der Waals surface area contributed by atoms with E-state index in [1.54, 1.807) is 23.8 Å². The van der Waals surface area contributed by atoms with Crippen LogP contribution in [0, 0.1) is 0 Å². The molecule has 0 fully saturated rings. The third-order valence-electron chi connectivity index (χ3n) is 3.79. The maximum Gasteiger partial charge on any atom is 0.262 e. The van der Waals surface area contributed by atoms with Gasteiger partial charge in [-0.05, 0) is 30.3 Å². The summed E-state index contributed by atoms with van der Waals surface area (Å²) < 4.78 is 7.48. The van der Waals surface area contributed by atoms with Crippen molar-refractivity contribution in [1.29, 1.82) is 0 Å². The first-order chi connectivity index (χ1) is 13.1. The van der Waals surface area contributed by atoms with E-state index in [0.29, 0.717) is 29.2 Å². The Morgan fingerprint density at radius 3 is 2.78 bits per heavy atom. The van der Waals surface area contributed by atoms with E-state index in [1.165, 1.54) is 11.8 Å². The molecule has 3 aromatic rings. The standard InChI is InChI=1S/C19H18BrN3O3S/c1-26-10-9-23-18(25)15-11-13(20)7-8-16(15)22-19(23)27-12-17(24)21-14-5-3-2-4-6-14/h2-8,11H,9-10,12H2,1H3,(H,21,24). The molecular weight excluding hydrogens is 430 g/mol. The molecule has 6 nitrogen and oxygen atoms in total. The van der Waals surface area contributed by atoms with Crippen LogP contribution >= 0.6 is 27.7 Å². The predicted molar refractivity (Wildman–Crippen MR) is 111 cm³/mol. The van der Waals surface area contributed by atoms with Crippen LogP contribution in [-0.4, -0.2) is 34.9 Å². The van der Waals surface area contributed by atoms with Gasteiger partial charge in [0.2, 0.25) is 5.91 Å². The van der Waals surface area contributed by atoms with E-state index < -0.39 is 0 Å². The number of carbonyl (C=O) groups is 1. The fourth-order valence-electron chi connectivity index (χ4n) is 2.51. The van der Waals surface area contributed by atoms with E-state index in [0.717, 1.165) is 10.2 Å². The van der Waals surface area contributed by atoms with Gasteiger partial charge in [-0.2, -0.15) is 0 Å². The normalized spacial score (nSPS) is 10.9.